The number of carbonyl (C=O) groups is 2. The quantitative estimate of drug-likeness (QED) is 0.751. The number of carbonyl (C=O) groups excluding carboxylic acids is 2. The molecule has 2 fully saturated rings. The summed E-state index contributed by atoms with van der Waals surface area (Å²) < 4.78 is 22.8. The summed E-state index contributed by atoms with van der Waals surface area (Å²) in [6.07, 6.45) is -0.175. The second-order valence-corrected chi connectivity index (χ2v) is 8.50. The highest BCUT2D eigenvalue weighted by atomic mass is 16.7. The number of esters is 2. The highest BCUT2D eigenvalue weighted by Gasteiger charge is 2.62. The Kier molecular flexibility index (Phi) is 5.32. The van der Waals surface area contributed by atoms with E-state index in [-0.39, 0.29) is 24.0 Å². The molecule has 0 bridgehead atoms. The molecule has 1 aromatic rings. The summed E-state index contributed by atoms with van der Waals surface area (Å²) in [6.45, 7) is 7.44. The molecule has 6 nitrogen and oxygen atoms in total. The van der Waals surface area contributed by atoms with Gasteiger partial charge in [0.05, 0.1) is 16.6 Å². The Morgan fingerprint density at radius 2 is 1.74 bits per heavy atom. The third kappa shape index (κ3) is 3.87. The average molecular weight is 376 g/mol. The van der Waals surface area contributed by atoms with E-state index in [9.17, 15) is 9.59 Å². The largest absolute Gasteiger partial charge is 0.459 e. The van der Waals surface area contributed by atoms with Crippen LogP contribution in [-0.2, 0) is 23.7 Å². The highest BCUT2D eigenvalue weighted by Crippen LogP contribution is 2.52. The molecule has 3 atom stereocenters. The van der Waals surface area contributed by atoms with Crippen LogP contribution in [0.15, 0.2) is 30.3 Å². The van der Waals surface area contributed by atoms with Gasteiger partial charge < -0.3 is 18.9 Å². The Labute approximate surface area is 160 Å². The first-order chi connectivity index (χ1) is 12.7. The molecule has 148 valence electrons. The van der Waals surface area contributed by atoms with Crippen LogP contribution in [0.4, 0.5) is 0 Å². The van der Waals surface area contributed by atoms with Crippen molar-refractivity contribution in [3.63, 3.8) is 0 Å². The average Bonchev–Trinajstić information content (AvgIpc) is 2.87. The summed E-state index contributed by atoms with van der Waals surface area (Å²) in [5.41, 5.74) is -0.558. The van der Waals surface area contributed by atoms with Crippen LogP contribution >= 0.6 is 0 Å². The number of ether oxygens (including phenoxy) is 4. The van der Waals surface area contributed by atoms with Gasteiger partial charge >= 0.3 is 11.9 Å². The lowest BCUT2D eigenvalue weighted by Crippen LogP contribution is -2.53. The molecule has 0 N–H and O–H groups in total. The van der Waals surface area contributed by atoms with E-state index in [0.717, 1.165) is 0 Å². The summed E-state index contributed by atoms with van der Waals surface area (Å²) >= 11 is 0. The lowest BCUT2D eigenvalue weighted by Gasteiger charge is -2.46. The smallest absolute Gasteiger partial charge is 0.338 e. The first-order valence-electron chi connectivity index (χ1n) is 9.34. The molecule has 1 spiro atoms. The van der Waals surface area contributed by atoms with Crippen molar-refractivity contribution < 1.29 is 28.5 Å². The second-order valence-electron chi connectivity index (χ2n) is 8.50. The van der Waals surface area contributed by atoms with E-state index >= 15 is 0 Å². The van der Waals surface area contributed by atoms with Crippen molar-refractivity contribution in [3.8, 4) is 0 Å². The molecule has 6 heteroatoms. The van der Waals surface area contributed by atoms with Crippen LogP contribution in [0.2, 0.25) is 0 Å². The molecule has 27 heavy (non-hydrogen) atoms. The van der Waals surface area contributed by atoms with E-state index < -0.39 is 23.4 Å². The molecule has 0 amide bonds. The van der Waals surface area contributed by atoms with Gasteiger partial charge in [-0.1, -0.05) is 25.1 Å². The van der Waals surface area contributed by atoms with Crippen LogP contribution in [0, 0.1) is 11.3 Å². The van der Waals surface area contributed by atoms with E-state index in [0.29, 0.717) is 18.4 Å². The third-order valence-electron chi connectivity index (χ3n) is 5.46. The van der Waals surface area contributed by atoms with Crippen LogP contribution < -0.4 is 0 Å². The van der Waals surface area contributed by atoms with E-state index in [1.807, 2.05) is 33.8 Å². The van der Waals surface area contributed by atoms with E-state index in [4.69, 9.17) is 18.9 Å². The van der Waals surface area contributed by atoms with Gasteiger partial charge in [-0.15, -0.1) is 0 Å². The molecule has 1 aliphatic heterocycles. The van der Waals surface area contributed by atoms with Crippen molar-refractivity contribution in [2.75, 3.05) is 7.11 Å². The van der Waals surface area contributed by atoms with Crippen LogP contribution in [-0.4, -0.2) is 43.1 Å². The molecule has 1 saturated heterocycles. The van der Waals surface area contributed by atoms with Crippen molar-refractivity contribution in [2.45, 2.75) is 64.6 Å². The monoisotopic (exact) mass is 376 g/mol. The molecule has 1 aliphatic carbocycles. The summed E-state index contributed by atoms with van der Waals surface area (Å²) in [4.78, 5) is 24.5. The Balaban J connectivity index is 1.61. The lowest BCUT2D eigenvalue weighted by atomic mass is 9.69. The zero-order valence-electron chi connectivity index (χ0n) is 16.6. The molecule has 1 heterocycles. The van der Waals surface area contributed by atoms with Crippen molar-refractivity contribution in [3.05, 3.63) is 35.9 Å². The lowest BCUT2D eigenvalue weighted by molar-refractivity contribution is -0.223. The van der Waals surface area contributed by atoms with Crippen LogP contribution in [0.5, 0.6) is 0 Å². The Hall–Kier alpha value is -1.92. The van der Waals surface area contributed by atoms with Crippen molar-refractivity contribution in [1.82, 2.24) is 0 Å². The fourth-order valence-corrected chi connectivity index (χ4v) is 3.64. The highest BCUT2D eigenvalue weighted by molar-refractivity contribution is 5.89. The predicted molar refractivity (Wildman–Crippen MR) is 98.0 cm³/mol. The summed E-state index contributed by atoms with van der Waals surface area (Å²) in [6, 6.07) is 8.92. The van der Waals surface area contributed by atoms with Crippen LogP contribution in [0.1, 0.15) is 50.9 Å². The topological polar surface area (TPSA) is 71.1 Å². The third-order valence-corrected chi connectivity index (χ3v) is 5.46. The number of hydrogen-bond donors (Lipinski definition) is 0. The molecule has 1 aromatic carbocycles. The van der Waals surface area contributed by atoms with Gasteiger partial charge in [-0.3, -0.25) is 4.79 Å². The Morgan fingerprint density at radius 1 is 1.11 bits per heavy atom. The molecule has 2 aliphatic rings. The molecule has 0 aromatic heterocycles. The van der Waals surface area contributed by atoms with E-state index in [1.54, 1.807) is 31.4 Å². The van der Waals surface area contributed by atoms with E-state index in [1.165, 1.54) is 0 Å². The molecule has 0 radical (unpaired) electrons. The van der Waals surface area contributed by atoms with Gasteiger partial charge in [0.25, 0.3) is 0 Å². The minimum absolute atomic E-state index is 0.0552. The second kappa shape index (κ2) is 7.24. The van der Waals surface area contributed by atoms with Crippen LogP contribution in [0.3, 0.4) is 0 Å². The molecule has 3 rings (SSSR count). The summed E-state index contributed by atoms with van der Waals surface area (Å²) in [7, 11) is 1.54. The van der Waals surface area contributed by atoms with Gasteiger partial charge in [-0.05, 0) is 32.9 Å². The Bertz CT molecular complexity index is 686. The predicted octanol–water partition coefficient (Wildman–Crippen LogP) is 3.34. The maximum Gasteiger partial charge on any atom is 0.338 e. The minimum atomic E-state index is -0.614. The number of benzene rings is 1. The fourth-order valence-electron chi connectivity index (χ4n) is 3.64. The molecular weight excluding hydrogens is 348 g/mol. The first kappa shape index (κ1) is 19.8. The van der Waals surface area contributed by atoms with Gasteiger partial charge in [0.15, 0.2) is 12.4 Å². The van der Waals surface area contributed by atoms with Gasteiger partial charge in [-0.25, -0.2) is 4.79 Å². The maximum atomic E-state index is 12.3. The number of rotatable bonds is 4. The summed E-state index contributed by atoms with van der Waals surface area (Å²) in [5.74, 6) is -0.672. The molecular formula is C21H28O6. The van der Waals surface area contributed by atoms with E-state index in [2.05, 4.69) is 0 Å². The normalized spacial score (nSPS) is 32.8. The van der Waals surface area contributed by atoms with Gasteiger partial charge in [0, 0.05) is 25.9 Å². The fraction of sp³-hybridized carbons (Fsp3) is 0.619. The standard InChI is InChI=1S/C21H28O6/c1-13-16(26-19(23)20(2,3)4)18(24-5)27-21(13)11-15(12-21)25-17(22)14-9-7-6-8-10-14/h6-10,13,15-16,18H,11-12H2,1-5H3/t13-,15?,16+,18+,21?/m0/s1. The first-order valence-corrected chi connectivity index (χ1v) is 9.34. The maximum absolute atomic E-state index is 12.3. The number of hydrogen-bond acceptors (Lipinski definition) is 6. The number of methoxy groups -OCH3 is 1. The minimum Gasteiger partial charge on any atom is -0.459 e. The zero-order chi connectivity index (χ0) is 19.8. The molecule has 1 saturated carbocycles. The van der Waals surface area contributed by atoms with Crippen LogP contribution in [0.25, 0.3) is 0 Å². The van der Waals surface area contributed by atoms with Gasteiger partial charge in [-0.2, -0.15) is 0 Å². The van der Waals surface area contributed by atoms with Gasteiger partial charge in [0.1, 0.15) is 6.10 Å². The van der Waals surface area contributed by atoms with Crippen molar-refractivity contribution in [1.29, 1.82) is 0 Å². The Morgan fingerprint density at radius 3 is 2.30 bits per heavy atom. The molecule has 0 unspecified atom stereocenters. The SMILES string of the molecule is CO[C@@H]1OC2(CC(OC(=O)c3ccccc3)C2)[C@@H](C)[C@H]1OC(=O)C(C)(C)C. The van der Waals surface area contributed by atoms with Crippen molar-refractivity contribution >= 4 is 11.9 Å². The zero-order valence-corrected chi connectivity index (χ0v) is 16.6. The van der Waals surface area contributed by atoms with Gasteiger partial charge in [0.2, 0.25) is 0 Å². The summed E-state index contributed by atoms with van der Waals surface area (Å²) in [5, 5.41) is 0. The van der Waals surface area contributed by atoms with Crippen molar-refractivity contribution in [2.24, 2.45) is 11.3 Å².